The van der Waals surface area contributed by atoms with Crippen LogP contribution in [0.15, 0.2) is 85.1 Å². The summed E-state index contributed by atoms with van der Waals surface area (Å²) < 4.78 is 26.1. The summed E-state index contributed by atoms with van der Waals surface area (Å²) in [5, 5.41) is 0. The van der Waals surface area contributed by atoms with Gasteiger partial charge in [-0.2, -0.15) is 0 Å². The van der Waals surface area contributed by atoms with Crippen LogP contribution in [0.5, 0.6) is 0 Å². The molecule has 0 aliphatic heterocycles. The lowest BCUT2D eigenvalue weighted by Gasteiger charge is -2.18. The zero-order valence-corrected chi connectivity index (χ0v) is 28.4. The number of esters is 2. The molecule has 8 nitrogen and oxygen atoms in total. The molecule has 0 heterocycles. The second kappa shape index (κ2) is 31.2. The van der Waals surface area contributed by atoms with Crippen LogP contribution in [-0.4, -0.2) is 41.0 Å². The average Bonchev–Trinajstić information content (AvgIpc) is 3.00. The first-order chi connectivity index (χ1) is 21.8. The third-order valence-corrected chi connectivity index (χ3v) is 6.74. The van der Waals surface area contributed by atoms with Gasteiger partial charge in [-0.15, -0.1) is 0 Å². The highest BCUT2D eigenvalue weighted by Crippen LogP contribution is 2.35. The van der Waals surface area contributed by atoms with Crippen molar-refractivity contribution in [3.05, 3.63) is 85.1 Å². The van der Waals surface area contributed by atoms with Crippen molar-refractivity contribution in [2.24, 2.45) is 0 Å². The number of phosphoric ester groups is 1. The fraction of sp³-hybridized carbons (Fsp3) is 0.556. The van der Waals surface area contributed by atoms with Gasteiger partial charge in [0.15, 0.2) is 6.10 Å². The number of rotatable bonds is 28. The van der Waals surface area contributed by atoms with Crippen molar-refractivity contribution in [2.75, 3.05) is 13.2 Å². The fourth-order valence-electron chi connectivity index (χ4n) is 3.87. The van der Waals surface area contributed by atoms with Crippen molar-refractivity contribution < 1.29 is 37.9 Å². The van der Waals surface area contributed by atoms with E-state index in [1.54, 1.807) is 0 Å². The molecule has 0 amide bonds. The molecule has 0 aliphatic carbocycles. The first kappa shape index (κ1) is 42.2. The summed E-state index contributed by atoms with van der Waals surface area (Å²) in [7, 11) is -4.77. The lowest BCUT2D eigenvalue weighted by atomic mass is 10.1. The van der Waals surface area contributed by atoms with Crippen LogP contribution in [0.25, 0.3) is 0 Å². The van der Waals surface area contributed by atoms with Gasteiger partial charge >= 0.3 is 19.8 Å². The molecule has 0 spiro atoms. The second-order valence-electron chi connectivity index (χ2n) is 10.5. The zero-order valence-electron chi connectivity index (χ0n) is 27.5. The summed E-state index contributed by atoms with van der Waals surface area (Å²) in [5.41, 5.74) is 0. The number of carbonyl (C=O) groups is 2. The normalized spacial score (nSPS) is 13.6. The lowest BCUT2D eigenvalue weighted by molar-refractivity contribution is -0.161. The molecule has 0 aromatic carbocycles. The molecule has 254 valence electrons. The number of ether oxygens (including phenoxy) is 2. The molecule has 0 aliphatic rings. The van der Waals surface area contributed by atoms with Crippen molar-refractivity contribution in [1.29, 1.82) is 0 Å². The number of phosphoric acid groups is 1. The van der Waals surface area contributed by atoms with E-state index in [4.69, 9.17) is 19.3 Å². The molecule has 0 fully saturated rings. The average molecular weight is 649 g/mol. The predicted molar refractivity (Wildman–Crippen MR) is 183 cm³/mol. The van der Waals surface area contributed by atoms with Crippen molar-refractivity contribution >= 4 is 19.8 Å². The minimum absolute atomic E-state index is 0.155. The van der Waals surface area contributed by atoms with Gasteiger partial charge in [0, 0.05) is 12.8 Å². The zero-order chi connectivity index (χ0) is 33.3. The van der Waals surface area contributed by atoms with Gasteiger partial charge in [0.05, 0.1) is 6.61 Å². The number of allylic oxidation sites excluding steroid dienone is 14. The standard InChI is InChI=1S/C36H57O8P/c1-3-5-7-9-11-13-15-17-19-20-22-24-26-28-30-35(37)42-32-34(33-43-45(39,40)41)44-36(38)31-29-27-25-23-21-18-16-14-12-10-8-6-4-2/h5-8,10-14,16-19,21,34H,3-4,9,15,20,22-33H2,1-2H3,(H2,39,40,41)/b7-5+,8-6+,12-10+,13-11+,16-14+,19-17+,21-18+. The number of hydrogen-bond acceptors (Lipinski definition) is 6. The lowest BCUT2D eigenvalue weighted by Crippen LogP contribution is -2.29. The smallest absolute Gasteiger partial charge is 0.462 e. The Hall–Kier alpha value is -2.77. The van der Waals surface area contributed by atoms with Crippen LogP contribution >= 0.6 is 7.82 Å². The van der Waals surface area contributed by atoms with Crippen LogP contribution in [0.3, 0.4) is 0 Å². The maximum Gasteiger partial charge on any atom is 0.469 e. The van der Waals surface area contributed by atoms with E-state index >= 15 is 0 Å². The van der Waals surface area contributed by atoms with Gasteiger partial charge in [0.1, 0.15) is 6.61 Å². The van der Waals surface area contributed by atoms with Gasteiger partial charge in [-0.25, -0.2) is 4.57 Å². The maximum atomic E-state index is 12.3. The Labute approximate surface area is 271 Å². The molecular weight excluding hydrogens is 591 g/mol. The molecule has 1 atom stereocenters. The van der Waals surface area contributed by atoms with Crippen molar-refractivity contribution in [3.8, 4) is 0 Å². The van der Waals surface area contributed by atoms with E-state index in [1.807, 2.05) is 36.5 Å². The van der Waals surface area contributed by atoms with Crippen molar-refractivity contribution in [3.63, 3.8) is 0 Å². The summed E-state index contributed by atoms with van der Waals surface area (Å²) in [4.78, 5) is 42.5. The Balaban J connectivity index is 4.17. The minimum atomic E-state index is -4.77. The maximum absolute atomic E-state index is 12.3. The molecule has 0 saturated carbocycles. The van der Waals surface area contributed by atoms with Gasteiger partial charge in [-0.3, -0.25) is 14.1 Å². The SMILES string of the molecule is CC/C=C/C=C/C=C/C=C/CCCCCC(=O)OC(COC(=O)CCCCCC/C=C/C/C=C/C/C=C/CC)COP(=O)(O)O. The Morgan fingerprint density at radius 3 is 1.76 bits per heavy atom. The first-order valence-corrected chi connectivity index (χ1v) is 18.0. The summed E-state index contributed by atoms with van der Waals surface area (Å²) in [6, 6.07) is 0. The van der Waals surface area contributed by atoms with Gasteiger partial charge in [0.2, 0.25) is 0 Å². The van der Waals surface area contributed by atoms with E-state index in [0.717, 1.165) is 70.6 Å². The van der Waals surface area contributed by atoms with E-state index in [9.17, 15) is 14.2 Å². The molecule has 0 saturated heterocycles. The third kappa shape index (κ3) is 34.0. The molecular formula is C36H57O8P. The molecule has 0 aromatic heterocycles. The van der Waals surface area contributed by atoms with Crippen LogP contribution in [0, 0.1) is 0 Å². The van der Waals surface area contributed by atoms with E-state index in [0.29, 0.717) is 12.8 Å². The van der Waals surface area contributed by atoms with E-state index < -0.39 is 32.5 Å². The number of hydrogen-bond donors (Lipinski definition) is 2. The van der Waals surface area contributed by atoms with Gasteiger partial charge in [-0.1, -0.05) is 118 Å². The monoisotopic (exact) mass is 648 g/mol. The molecule has 45 heavy (non-hydrogen) atoms. The molecule has 0 bridgehead atoms. The van der Waals surface area contributed by atoms with E-state index in [2.05, 4.69) is 67.0 Å². The first-order valence-electron chi connectivity index (χ1n) is 16.4. The Bertz CT molecular complexity index is 1000. The predicted octanol–water partition coefficient (Wildman–Crippen LogP) is 9.34. The van der Waals surface area contributed by atoms with Crippen LogP contribution < -0.4 is 0 Å². The summed E-state index contributed by atoms with van der Waals surface area (Å²) in [5.74, 6) is -0.970. The Morgan fingerprint density at radius 1 is 0.600 bits per heavy atom. The summed E-state index contributed by atoms with van der Waals surface area (Å²) in [6.07, 6.45) is 40.2. The fourth-order valence-corrected chi connectivity index (χ4v) is 4.23. The van der Waals surface area contributed by atoms with E-state index in [-0.39, 0.29) is 19.4 Å². The van der Waals surface area contributed by atoms with Crippen LogP contribution in [0.1, 0.15) is 110 Å². The Kier molecular flexibility index (Phi) is 29.3. The topological polar surface area (TPSA) is 119 Å². The number of carbonyl (C=O) groups excluding carboxylic acids is 2. The summed E-state index contributed by atoms with van der Waals surface area (Å²) >= 11 is 0. The van der Waals surface area contributed by atoms with Crippen LogP contribution in [0.4, 0.5) is 0 Å². The minimum Gasteiger partial charge on any atom is -0.462 e. The van der Waals surface area contributed by atoms with Gasteiger partial charge < -0.3 is 19.3 Å². The van der Waals surface area contributed by atoms with Crippen molar-refractivity contribution in [1.82, 2.24) is 0 Å². The molecule has 2 N–H and O–H groups in total. The van der Waals surface area contributed by atoms with Gasteiger partial charge in [0.25, 0.3) is 0 Å². The molecule has 9 heteroatoms. The van der Waals surface area contributed by atoms with Crippen LogP contribution in [0.2, 0.25) is 0 Å². The molecule has 0 radical (unpaired) electrons. The summed E-state index contributed by atoms with van der Waals surface area (Å²) in [6.45, 7) is 3.33. The third-order valence-electron chi connectivity index (χ3n) is 6.25. The molecule has 0 rings (SSSR count). The van der Waals surface area contributed by atoms with Crippen molar-refractivity contribution in [2.45, 2.75) is 116 Å². The van der Waals surface area contributed by atoms with Crippen LogP contribution in [-0.2, 0) is 28.2 Å². The highest BCUT2D eigenvalue weighted by atomic mass is 31.2. The molecule has 1 unspecified atom stereocenters. The Morgan fingerprint density at radius 2 is 1.11 bits per heavy atom. The number of unbranched alkanes of at least 4 members (excludes halogenated alkanes) is 7. The highest BCUT2D eigenvalue weighted by molar-refractivity contribution is 7.46. The van der Waals surface area contributed by atoms with Gasteiger partial charge in [-0.05, 0) is 64.2 Å². The second-order valence-corrected chi connectivity index (χ2v) is 11.7. The quantitative estimate of drug-likeness (QED) is 0.0283. The van der Waals surface area contributed by atoms with E-state index in [1.165, 1.54) is 0 Å². The largest absolute Gasteiger partial charge is 0.469 e. The molecule has 0 aromatic rings. The highest BCUT2D eigenvalue weighted by Gasteiger charge is 2.22.